The largest absolute Gasteiger partial charge is 0.341 e. The molecule has 114 valence electrons. The molecule has 2 aliphatic rings. The van der Waals surface area contributed by atoms with Gasteiger partial charge in [0, 0.05) is 31.4 Å². The molecule has 2 fully saturated rings. The fourth-order valence-electron chi connectivity index (χ4n) is 3.51. The number of piperidine rings is 1. The van der Waals surface area contributed by atoms with Crippen LogP contribution < -0.4 is 0 Å². The third kappa shape index (κ3) is 3.07. The number of likely N-dealkylation sites (tertiary alicyclic amines) is 2. The summed E-state index contributed by atoms with van der Waals surface area (Å²) < 4.78 is 0. The number of aromatic nitrogens is 2. The molecule has 21 heavy (non-hydrogen) atoms. The lowest BCUT2D eigenvalue weighted by Crippen LogP contribution is -2.47. The highest BCUT2D eigenvalue weighted by Gasteiger charge is 2.33. The summed E-state index contributed by atoms with van der Waals surface area (Å²) >= 11 is 0. The zero-order valence-electron chi connectivity index (χ0n) is 13.0. The Kier molecular flexibility index (Phi) is 4.19. The number of likely N-dealkylation sites (N-methyl/N-ethyl adjacent to an activating group) is 1. The van der Waals surface area contributed by atoms with Crippen molar-refractivity contribution in [2.24, 2.45) is 0 Å². The second-order valence-corrected chi connectivity index (χ2v) is 6.32. The van der Waals surface area contributed by atoms with E-state index in [1.807, 2.05) is 18.0 Å². The van der Waals surface area contributed by atoms with E-state index in [-0.39, 0.29) is 6.04 Å². The number of amides is 1. The van der Waals surface area contributed by atoms with Gasteiger partial charge in [-0.25, -0.2) is 0 Å². The third-order valence-electron chi connectivity index (χ3n) is 4.80. The molecule has 0 bridgehead atoms. The minimum Gasteiger partial charge on any atom is -0.341 e. The Bertz CT molecular complexity index is 511. The minimum absolute atomic E-state index is 0.111. The zero-order valence-corrected chi connectivity index (χ0v) is 13.0. The molecule has 5 heteroatoms. The van der Waals surface area contributed by atoms with Gasteiger partial charge in [-0.05, 0) is 46.2 Å². The Morgan fingerprint density at radius 2 is 1.95 bits per heavy atom. The summed E-state index contributed by atoms with van der Waals surface area (Å²) in [6.07, 6.45) is 7.82. The normalized spacial score (nSPS) is 24.5. The second-order valence-electron chi connectivity index (χ2n) is 6.32. The van der Waals surface area contributed by atoms with Crippen molar-refractivity contribution >= 4 is 5.91 Å². The van der Waals surface area contributed by atoms with Crippen molar-refractivity contribution in [1.29, 1.82) is 0 Å². The van der Waals surface area contributed by atoms with Crippen molar-refractivity contribution in [3.05, 3.63) is 23.8 Å². The van der Waals surface area contributed by atoms with Crippen molar-refractivity contribution < 1.29 is 4.79 Å². The van der Waals surface area contributed by atoms with Gasteiger partial charge in [-0.3, -0.25) is 19.7 Å². The summed E-state index contributed by atoms with van der Waals surface area (Å²) in [7, 11) is 2.06. The SMILES string of the molecule is Cc1cncc(C2CCN(C(=O)[C@H]3CCCN3C)CC2)n1. The molecule has 1 atom stereocenters. The number of hydrogen-bond acceptors (Lipinski definition) is 4. The molecule has 2 saturated heterocycles. The van der Waals surface area contributed by atoms with Gasteiger partial charge in [0.15, 0.2) is 0 Å². The quantitative estimate of drug-likeness (QED) is 0.829. The van der Waals surface area contributed by atoms with Crippen molar-refractivity contribution in [1.82, 2.24) is 19.8 Å². The van der Waals surface area contributed by atoms with Gasteiger partial charge in [0.25, 0.3) is 0 Å². The van der Waals surface area contributed by atoms with Gasteiger partial charge in [-0.15, -0.1) is 0 Å². The maximum absolute atomic E-state index is 12.6. The van der Waals surface area contributed by atoms with Gasteiger partial charge in [-0.2, -0.15) is 0 Å². The lowest BCUT2D eigenvalue weighted by Gasteiger charge is -2.34. The van der Waals surface area contributed by atoms with E-state index in [1.54, 1.807) is 6.20 Å². The predicted molar refractivity (Wildman–Crippen MR) is 81.0 cm³/mol. The lowest BCUT2D eigenvalue weighted by molar-refractivity contribution is -0.136. The Morgan fingerprint density at radius 1 is 1.19 bits per heavy atom. The van der Waals surface area contributed by atoms with Gasteiger partial charge in [-0.1, -0.05) is 0 Å². The van der Waals surface area contributed by atoms with Crippen LogP contribution in [-0.2, 0) is 4.79 Å². The Labute approximate surface area is 126 Å². The average molecular weight is 288 g/mol. The van der Waals surface area contributed by atoms with Gasteiger partial charge >= 0.3 is 0 Å². The van der Waals surface area contributed by atoms with Crippen LogP contribution in [-0.4, -0.2) is 58.4 Å². The highest BCUT2D eigenvalue weighted by Crippen LogP contribution is 2.28. The van der Waals surface area contributed by atoms with E-state index in [0.29, 0.717) is 11.8 Å². The van der Waals surface area contributed by atoms with E-state index in [1.165, 1.54) is 0 Å². The van der Waals surface area contributed by atoms with Crippen LogP contribution in [0.25, 0.3) is 0 Å². The fourth-order valence-corrected chi connectivity index (χ4v) is 3.51. The zero-order chi connectivity index (χ0) is 14.8. The molecule has 0 aromatic carbocycles. The molecule has 0 radical (unpaired) electrons. The number of carbonyl (C=O) groups is 1. The van der Waals surface area contributed by atoms with Crippen LogP contribution in [0.2, 0.25) is 0 Å². The van der Waals surface area contributed by atoms with E-state index >= 15 is 0 Å². The van der Waals surface area contributed by atoms with E-state index < -0.39 is 0 Å². The molecule has 2 aliphatic heterocycles. The minimum atomic E-state index is 0.111. The first-order chi connectivity index (χ1) is 10.1. The number of nitrogens with zero attached hydrogens (tertiary/aromatic N) is 4. The Hall–Kier alpha value is -1.49. The van der Waals surface area contributed by atoms with Crippen LogP contribution in [0.5, 0.6) is 0 Å². The molecule has 0 spiro atoms. The standard InChI is InChI=1S/C16H24N4O/c1-12-10-17-11-14(18-12)13-5-8-20(9-6-13)16(21)15-4-3-7-19(15)2/h10-11,13,15H,3-9H2,1-2H3/t15-/m1/s1. The summed E-state index contributed by atoms with van der Waals surface area (Å²) in [5, 5.41) is 0. The summed E-state index contributed by atoms with van der Waals surface area (Å²) in [5.74, 6) is 0.770. The maximum Gasteiger partial charge on any atom is 0.239 e. The van der Waals surface area contributed by atoms with Crippen LogP contribution in [0.15, 0.2) is 12.4 Å². The van der Waals surface area contributed by atoms with E-state index in [9.17, 15) is 4.79 Å². The van der Waals surface area contributed by atoms with Crippen molar-refractivity contribution in [2.45, 2.75) is 44.6 Å². The molecular weight excluding hydrogens is 264 g/mol. The highest BCUT2D eigenvalue weighted by atomic mass is 16.2. The number of carbonyl (C=O) groups excluding carboxylic acids is 1. The summed E-state index contributed by atoms with van der Waals surface area (Å²) in [4.78, 5) is 25.6. The third-order valence-corrected chi connectivity index (χ3v) is 4.80. The van der Waals surface area contributed by atoms with E-state index in [4.69, 9.17) is 0 Å². The number of hydrogen-bond donors (Lipinski definition) is 0. The second kappa shape index (κ2) is 6.10. The summed E-state index contributed by atoms with van der Waals surface area (Å²) in [6.45, 7) is 4.73. The molecule has 0 saturated carbocycles. The number of aryl methyl sites for hydroxylation is 1. The first kappa shape index (κ1) is 14.4. The predicted octanol–water partition coefficient (Wildman–Crippen LogP) is 1.59. The average Bonchev–Trinajstić information content (AvgIpc) is 2.93. The van der Waals surface area contributed by atoms with E-state index in [2.05, 4.69) is 21.9 Å². The molecule has 0 aliphatic carbocycles. The van der Waals surface area contributed by atoms with E-state index in [0.717, 1.165) is 56.7 Å². The Morgan fingerprint density at radius 3 is 2.57 bits per heavy atom. The molecule has 1 aromatic rings. The molecular formula is C16H24N4O. The van der Waals surface area contributed by atoms with Gasteiger partial charge < -0.3 is 4.90 Å². The molecule has 1 amide bonds. The lowest BCUT2D eigenvalue weighted by atomic mass is 9.93. The first-order valence-electron chi connectivity index (χ1n) is 7.92. The molecule has 1 aromatic heterocycles. The first-order valence-corrected chi connectivity index (χ1v) is 7.92. The summed E-state index contributed by atoms with van der Waals surface area (Å²) in [5.41, 5.74) is 2.05. The van der Waals surface area contributed by atoms with Crippen molar-refractivity contribution in [3.8, 4) is 0 Å². The fraction of sp³-hybridized carbons (Fsp3) is 0.688. The summed E-state index contributed by atoms with van der Waals surface area (Å²) in [6, 6.07) is 0.111. The highest BCUT2D eigenvalue weighted by molar-refractivity contribution is 5.82. The molecule has 3 heterocycles. The molecule has 5 nitrogen and oxygen atoms in total. The molecule has 3 rings (SSSR count). The molecule has 0 unspecified atom stereocenters. The van der Waals surface area contributed by atoms with Crippen LogP contribution in [0.4, 0.5) is 0 Å². The Balaban J connectivity index is 1.59. The van der Waals surface area contributed by atoms with Crippen LogP contribution >= 0.6 is 0 Å². The van der Waals surface area contributed by atoms with Crippen molar-refractivity contribution in [2.75, 3.05) is 26.7 Å². The van der Waals surface area contributed by atoms with Crippen LogP contribution in [0, 0.1) is 6.92 Å². The van der Waals surface area contributed by atoms with Crippen molar-refractivity contribution in [3.63, 3.8) is 0 Å². The van der Waals surface area contributed by atoms with Gasteiger partial charge in [0.05, 0.1) is 17.4 Å². The smallest absolute Gasteiger partial charge is 0.239 e. The number of rotatable bonds is 2. The van der Waals surface area contributed by atoms with Gasteiger partial charge in [0.1, 0.15) is 0 Å². The topological polar surface area (TPSA) is 49.3 Å². The molecule has 0 N–H and O–H groups in total. The van der Waals surface area contributed by atoms with Crippen LogP contribution in [0.3, 0.4) is 0 Å². The maximum atomic E-state index is 12.6. The van der Waals surface area contributed by atoms with Crippen LogP contribution in [0.1, 0.15) is 43.0 Å². The van der Waals surface area contributed by atoms with Gasteiger partial charge in [0.2, 0.25) is 5.91 Å². The monoisotopic (exact) mass is 288 g/mol.